The molecule has 0 unspecified atom stereocenters. The highest BCUT2D eigenvalue weighted by molar-refractivity contribution is 6.12. The Morgan fingerprint density at radius 3 is 2.00 bits per heavy atom. The topological polar surface area (TPSA) is 58.9 Å². The molecular weight excluding hydrogens is 304 g/mol. The fraction of sp³-hybridized carbons (Fsp3) is 0.300. The second-order valence-electron chi connectivity index (χ2n) is 5.85. The van der Waals surface area contributed by atoms with Crippen LogP contribution in [0.25, 0.3) is 21.5 Å². The number of hydrogen-bond acceptors (Lipinski definition) is 4. The molecular formula is C20H22O4. The molecule has 2 N–H and O–H groups in total. The molecule has 24 heavy (non-hydrogen) atoms. The van der Waals surface area contributed by atoms with Crippen molar-refractivity contribution >= 4 is 21.5 Å². The van der Waals surface area contributed by atoms with Crippen molar-refractivity contribution in [1.82, 2.24) is 0 Å². The van der Waals surface area contributed by atoms with Crippen LogP contribution in [0.2, 0.25) is 0 Å². The number of ether oxygens (including phenoxy) is 2. The van der Waals surface area contributed by atoms with Crippen molar-refractivity contribution in [1.29, 1.82) is 0 Å². The van der Waals surface area contributed by atoms with Gasteiger partial charge in [0, 0.05) is 21.5 Å². The number of rotatable bonds is 6. The molecule has 0 fully saturated rings. The highest BCUT2D eigenvalue weighted by Gasteiger charge is 2.18. The smallest absolute Gasteiger partial charge is 0.135 e. The van der Waals surface area contributed by atoms with Gasteiger partial charge in [0.2, 0.25) is 0 Å². The molecule has 0 bridgehead atoms. The summed E-state index contributed by atoms with van der Waals surface area (Å²) in [6.07, 6.45) is 0. The highest BCUT2D eigenvalue weighted by Crippen LogP contribution is 2.44. The monoisotopic (exact) mass is 326 g/mol. The van der Waals surface area contributed by atoms with Crippen molar-refractivity contribution in [3.05, 3.63) is 47.5 Å². The van der Waals surface area contributed by atoms with Gasteiger partial charge >= 0.3 is 0 Å². The summed E-state index contributed by atoms with van der Waals surface area (Å²) in [6.45, 7) is 4.50. The largest absolute Gasteiger partial charge is 0.490 e. The molecule has 4 nitrogen and oxygen atoms in total. The van der Waals surface area contributed by atoms with Crippen LogP contribution in [-0.4, -0.2) is 36.6 Å². The molecule has 126 valence electrons. The average molecular weight is 326 g/mol. The van der Waals surface area contributed by atoms with Gasteiger partial charge in [0.15, 0.2) is 0 Å². The van der Waals surface area contributed by atoms with E-state index in [9.17, 15) is 10.2 Å². The molecule has 0 amide bonds. The molecule has 0 aliphatic rings. The van der Waals surface area contributed by atoms with Gasteiger partial charge in [-0.15, -0.1) is 0 Å². The fourth-order valence-electron chi connectivity index (χ4n) is 3.21. The number of benzene rings is 3. The number of fused-ring (bicyclic) bond motifs is 2. The summed E-state index contributed by atoms with van der Waals surface area (Å²) in [6, 6.07) is 12.1. The summed E-state index contributed by atoms with van der Waals surface area (Å²) < 4.78 is 11.8. The number of aliphatic hydroxyl groups excluding tert-OH is 2. The molecule has 3 aromatic carbocycles. The maximum absolute atomic E-state index is 9.18. The molecule has 4 heteroatoms. The lowest BCUT2D eigenvalue weighted by Crippen LogP contribution is -2.06. The first-order valence-electron chi connectivity index (χ1n) is 8.10. The van der Waals surface area contributed by atoms with Crippen LogP contribution in [0.1, 0.15) is 11.1 Å². The van der Waals surface area contributed by atoms with E-state index in [4.69, 9.17) is 9.47 Å². The Kier molecular flexibility index (Phi) is 4.88. The van der Waals surface area contributed by atoms with Crippen molar-refractivity contribution in [3.8, 4) is 11.5 Å². The third-order valence-corrected chi connectivity index (χ3v) is 4.04. The molecule has 0 aromatic heterocycles. The van der Waals surface area contributed by atoms with Crippen molar-refractivity contribution in [2.24, 2.45) is 0 Å². The molecule has 0 aliphatic heterocycles. The molecule has 3 aromatic rings. The number of aryl methyl sites for hydroxylation is 2. The fourth-order valence-corrected chi connectivity index (χ4v) is 3.21. The standard InChI is InChI=1S/C20H22O4/c1-13-11-14(2)18-17(12-13)19(23-9-7-21)15-5-3-4-6-16(15)20(18)24-10-8-22/h3-6,11-12,21-22H,7-10H2,1-2H3. The summed E-state index contributed by atoms with van der Waals surface area (Å²) >= 11 is 0. The summed E-state index contributed by atoms with van der Waals surface area (Å²) in [5.74, 6) is 1.53. The van der Waals surface area contributed by atoms with Gasteiger partial charge in [-0.2, -0.15) is 0 Å². The van der Waals surface area contributed by atoms with E-state index in [1.165, 1.54) is 0 Å². The van der Waals surface area contributed by atoms with Crippen LogP contribution in [0.4, 0.5) is 0 Å². The minimum Gasteiger partial charge on any atom is -0.490 e. The van der Waals surface area contributed by atoms with E-state index in [1.807, 2.05) is 38.1 Å². The Bertz CT molecular complexity index is 871. The van der Waals surface area contributed by atoms with Gasteiger partial charge in [-0.1, -0.05) is 35.9 Å². The molecule has 0 heterocycles. The maximum Gasteiger partial charge on any atom is 0.135 e. The van der Waals surface area contributed by atoms with Gasteiger partial charge < -0.3 is 19.7 Å². The molecule has 0 saturated heterocycles. The average Bonchev–Trinajstić information content (AvgIpc) is 2.58. The normalized spacial score (nSPS) is 11.2. The Morgan fingerprint density at radius 2 is 1.38 bits per heavy atom. The molecule has 0 atom stereocenters. The van der Waals surface area contributed by atoms with Gasteiger partial charge in [0.1, 0.15) is 24.7 Å². The van der Waals surface area contributed by atoms with Gasteiger partial charge in [-0.25, -0.2) is 0 Å². The third-order valence-electron chi connectivity index (χ3n) is 4.04. The van der Waals surface area contributed by atoms with Gasteiger partial charge in [-0.3, -0.25) is 0 Å². The maximum atomic E-state index is 9.18. The minimum atomic E-state index is -0.0383. The highest BCUT2D eigenvalue weighted by atomic mass is 16.5. The Balaban J connectivity index is 2.42. The third kappa shape index (κ3) is 2.90. The van der Waals surface area contributed by atoms with Crippen molar-refractivity contribution < 1.29 is 19.7 Å². The SMILES string of the molecule is Cc1cc(C)c2c(OCCO)c3ccccc3c(OCCO)c2c1. The second kappa shape index (κ2) is 7.07. The molecule has 0 aliphatic carbocycles. The Morgan fingerprint density at radius 1 is 0.792 bits per heavy atom. The van der Waals surface area contributed by atoms with Crippen LogP contribution in [-0.2, 0) is 0 Å². The predicted octanol–water partition coefficient (Wildman–Crippen LogP) is 3.35. The second-order valence-corrected chi connectivity index (χ2v) is 5.85. The first kappa shape index (κ1) is 16.6. The van der Waals surface area contributed by atoms with E-state index in [2.05, 4.69) is 12.1 Å². The number of hydrogen-bond donors (Lipinski definition) is 2. The van der Waals surface area contributed by atoms with Crippen molar-refractivity contribution in [2.75, 3.05) is 26.4 Å². The van der Waals surface area contributed by atoms with Gasteiger partial charge in [0.05, 0.1) is 13.2 Å². The van der Waals surface area contributed by atoms with Crippen LogP contribution >= 0.6 is 0 Å². The zero-order valence-electron chi connectivity index (χ0n) is 14.0. The van der Waals surface area contributed by atoms with E-state index in [1.54, 1.807) is 0 Å². The lowest BCUT2D eigenvalue weighted by Gasteiger charge is -2.19. The zero-order valence-corrected chi connectivity index (χ0v) is 14.0. The molecule has 0 spiro atoms. The molecule has 3 rings (SSSR count). The van der Waals surface area contributed by atoms with E-state index in [-0.39, 0.29) is 26.4 Å². The van der Waals surface area contributed by atoms with Gasteiger partial charge in [-0.05, 0) is 25.5 Å². The van der Waals surface area contributed by atoms with Crippen LogP contribution in [0.15, 0.2) is 36.4 Å². The van der Waals surface area contributed by atoms with E-state index < -0.39 is 0 Å². The lowest BCUT2D eigenvalue weighted by atomic mass is 9.95. The molecule has 0 radical (unpaired) electrons. The predicted molar refractivity (Wildman–Crippen MR) is 96.1 cm³/mol. The quantitative estimate of drug-likeness (QED) is 0.682. The van der Waals surface area contributed by atoms with E-state index >= 15 is 0 Å². The Hall–Kier alpha value is -2.30. The van der Waals surface area contributed by atoms with E-state index in [0.29, 0.717) is 0 Å². The number of aliphatic hydroxyl groups is 2. The summed E-state index contributed by atoms with van der Waals surface area (Å²) in [5.41, 5.74) is 2.23. The minimum absolute atomic E-state index is 0.0382. The summed E-state index contributed by atoms with van der Waals surface area (Å²) in [4.78, 5) is 0. The van der Waals surface area contributed by atoms with Crippen molar-refractivity contribution in [2.45, 2.75) is 13.8 Å². The van der Waals surface area contributed by atoms with Crippen LogP contribution in [0.5, 0.6) is 11.5 Å². The summed E-state index contributed by atoms with van der Waals surface area (Å²) in [7, 11) is 0. The van der Waals surface area contributed by atoms with Crippen molar-refractivity contribution in [3.63, 3.8) is 0 Å². The molecule has 0 saturated carbocycles. The van der Waals surface area contributed by atoms with E-state index in [0.717, 1.165) is 44.2 Å². The first-order chi connectivity index (χ1) is 11.7. The van der Waals surface area contributed by atoms with Gasteiger partial charge in [0.25, 0.3) is 0 Å². The first-order valence-corrected chi connectivity index (χ1v) is 8.10. The van der Waals surface area contributed by atoms with Crippen LogP contribution in [0, 0.1) is 13.8 Å². The van der Waals surface area contributed by atoms with Crippen LogP contribution in [0.3, 0.4) is 0 Å². The Labute approximate surface area is 141 Å². The lowest BCUT2D eigenvalue weighted by molar-refractivity contribution is 0.202. The summed E-state index contributed by atoms with van der Waals surface area (Å²) in [5, 5.41) is 22.2. The zero-order chi connectivity index (χ0) is 17.1. The van der Waals surface area contributed by atoms with Crippen LogP contribution < -0.4 is 9.47 Å².